The van der Waals surface area contributed by atoms with E-state index in [0.717, 1.165) is 25.9 Å². The number of nitrogens with one attached hydrogen (secondary N) is 2. The molecule has 0 spiro atoms. The maximum Gasteiger partial charge on any atom is 0.0667 e. The third-order valence-corrected chi connectivity index (χ3v) is 2.46. The molecule has 2 N–H and O–H groups in total. The standard InChI is InChI=1S/C11H21N3/c1-4-7-12-8-9-10(5-2)13-14-11(9)6-3/h12H,4-8H2,1-3H3,(H,13,14). The molecule has 0 unspecified atom stereocenters. The lowest BCUT2D eigenvalue weighted by Crippen LogP contribution is -2.15. The molecule has 0 fully saturated rings. The van der Waals surface area contributed by atoms with Gasteiger partial charge in [-0.15, -0.1) is 0 Å². The molecule has 1 heterocycles. The van der Waals surface area contributed by atoms with E-state index in [9.17, 15) is 0 Å². The Hall–Kier alpha value is -0.830. The molecule has 1 rings (SSSR count). The van der Waals surface area contributed by atoms with Crippen LogP contribution in [-0.2, 0) is 19.4 Å². The average molecular weight is 195 g/mol. The Morgan fingerprint density at radius 2 is 2.00 bits per heavy atom. The molecule has 80 valence electrons. The zero-order valence-corrected chi connectivity index (χ0v) is 9.48. The largest absolute Gasteiger partial charge is 0.313 e. The number of H-pyrrole nitrogens is 1. The lowest BCUT2D eigenvalue weighted by Gasteiger charge is -2.04. The highest BCUT2D eigenvalue weighted by molar-refractivity contribution is 5.25. The van der Waals surface area contributed by atoms with E-state index in [1.54, 1.807) is 0 Å². The molecule has 0 aliphatic heterocycles. The fourth-order valence-electron chi connectivity index (χ4n) is 1.63. The van der Waals surface area contributed by atoms with Crippen molar-refractivity contribution < 1.29 is 0 Å². The molecular weight excluding hydrogens is 174 g/mol. The Morgan fingerprint density at radius 3 is 2.57 bits per heavy atom. The van der Waals surface area contributed by atoms with Gasteiger partial charge in [-0.05, 0) is 25.8 Å². The first-order chi connectivity index (χ1) is 6.83. The van der Waals surface area contributed by atoms with Gasteiger partial charge in [-0.2, -0.15) is 5.10 Å². The first kappa shape index (κ1) is 11.2. The zero-order valence-electron chi connectivity index (χ0n) is 9.48. The molecule has 0 aromatic carbocycles. The van der Waals surface area contributed by atoms with Crippen LogP contribution in [0.3, 0.4) is 0 Å². The predicted molar refractivity (Wildman–Crippen MR) is 59.3 cm³/mol. The normalized spacial score (nSPS) is 10.8. The molecule has 0 radical (unpaired) electrons. The Kier molecular flexibility index (Phi) is 4.66. The van der Waals surface area contributed by atoms with Crippen LogP contribution in [0.5, 0.6) is 0 Å². The molecular formula is C11H21N3. The van der Waals surface area contributed by atoms with Gasteiger partial charge in [0.15, 0.2) is 0 Å². The first-order valence-electron chi connectivity index (χ1n) is 5.59. The van der Waals surface area contributed by atoms with Crippen molar-refractivity contribution in [2.75, 3.05) is 6.54 Å². The molecule has 1 aromatic heterocycles. The van der Waals surface area contributed by atoms with Gasteiger partial charge in [0.05, 0.1) is 5.69 Å². The van der Waals surface area contributed by atoms with Crippen molar-refractivity contribution >= 4 is 0 Å². The Labute approximate surface area is 86.3 Å². The second-order valence-corrected chi connectivity index (χ2v) is 3.51. The van der Waals surface area contributed by atoms with Crippen LogP contribution in [0.2, 0.25) is 0 Å². The summed E-state index contributed by atoms with van der Waals surface area (Å²) in [6, 6.07) is 0. The van der Waals surface area contributed by atoms with Gasteiger partial charge in [-0.25, -0.2) is 0 Å². The molecule has 3 heteroatoms. The van der Waals surface area contributed by atoms with Crippen LogP contribution in [0, 0.1) is 0 Å². The van der Waals surface area contributed by atoms with Crippen molar-refractivity contribution in [3.63, 3.8) is 0 Å². The highest BCUT2D eigenvalue weighted by atomic mass is 15.1. The molecule has 0 amide bonds. The van der Waals surface area contributed by atoms with Crippen LogP contribution in [0.25, 0.3) is 0 Å². The van der Waals surface area contributed by atoms with Gasteiger partial charge in [-0.3, -0.25) is 5.10 Å². The highest BCUT2D eigenvalue weighted by Crippen LogP contribution is 2.12. The quantitative estimate of drug-likeness (QED) is 0.682. The summed E-state index contributed by atoms with van der Waals surface area (Å²) in [7, 11) is 0. The monoisotopic (exact) mass is 195 g/mol. The van der Waals surface area contributed by atoms with Crippen LogP contribution in [-0.4, -0.2) is 16.7 Å². The lowest BCUT2D eigenvalue weighted by atomic mass is 10.1. The van der Waals surface area contributed by atoms with Crippen molar-refractivity contribution in [2.45, 2.75) is 46.6 Å². The minimum absolute atomic E-state index is 0.955. The average Bonchev–Trinajstić information content (AvgIpc) is 2.60. The minimum atomic E-state index is 0.955. The summed E-state index contributed by atoms with van der Waals surface area (Å²) in [6.07, 6.45) is 3.23. The lowest BCUT2D eigenvalue weighted by molar-refractivity contribution is 0.667. The smallest absolute Gasteiger partial charge is 0.0667 e. The molecule has 0 atom stereocenters. The van der Waals surface area contributed by atoms with Crippen molar-refractivity contribution in [1.29, 1.82) is 0 Å². The van der Waals surface area contributed by atoms with Crippen molar-refractivity contribution in [2.24, 2.45) is 0 Å². The fraction of sp³-hybridized carbons (Fsp3) is 0.727. The van der Waals surface area contributed by atoms with Crippen molar-refractivity contribution in [3.8, 4) is 0 Å². The van der Waals surface area contributed by atoms with Crippen LogP contribution in [0.4, 0.5) is 0 Å². The van der Waals surface area contributed by atoms with Gasteiger partial charge in [0.2, 0.25) is 0 Å². The number of aryl methyl sites for hydroxylation is 2. The number of rotatable bonds is 6. The number of nitrogens with zero attached hydrogens (tertiary/aromatic N) is 1. The molecule has 1 aromatic rings. The second-order valence-electron chi connectivity index (χ2n) is 3.51. The minimum Gasteiger partial charge on any atom is -0.313 e. The predicted octanol–water partition coefficient (Wildman–Crippen LogP) is 2.03. The molecule has 0 saturated carbocycles. The Morgan fingerprint density at radius 1 is 1.21 bits per heavy atom. The number of hydrogen-bond acceptors (Lipinski definition) is 2. The third kappa shape index (κ3) is 2.58. The first-order valence-corrected chi connectivity index (χ1v) is 5.59. The summed E-state index contributed by atoms with van der Waals surface area (Å²) >= 11 is 0. The molecule has 0 saturated heterocycles. The third-order valence-electron chi connectivity index (χ3n) is 2.46. The molecule has 0 aliphatic rings. The van der Waals surface area contributed by atoms with Gasteiger partial charge >= 0.3 is 0 Å². The summed E-state index contributed by atoms with van der Waals surface area (Å²) in [5.74, 6) is 0. The topological polar surface area (TPSA) is 40.7 Å². The number of aromatic nitrogens is 2. The van der Waals surface area contributed by atoms with Gasteiger partial charge < -0.3 is 5.32 Å². The van der Waals surface area contributed by atoms with Crippen molar-refractivity contribution in [1.82, 2.24) is 15.5 Å². The summed E-state index contributed by atoms with van der Waals surface area (Å²) in [6.45, 7) is 8.53. The molecule has 14 heavy (non-hydrogen) atoms. The van der Waals surface area contributed by atoms with Crippen LogP contribution >= 0.6 is 0 Å². The SMILES string of the molecule is CCCNCc1c(CC)n[nH]c1CC. The van der Waals surface area contributed by atoms with E-state index >= 15 is 0 Å². The Balaban J connectivity index is 2.65. The summed E-state index contributed by atoms with van der Waals surface area (Å²) < 4.78 is 0. The molecule has 0 aliphatic carbocycles. The fourth-order valence-corrected chi connectivity index (χ4v) is 1.63. The highest BCUT2D eigenvalue weighted by Gasteiger charge is 2.09. The van der Waals surface area contributed by atoms with E-state index in [1.165, 1.54) is 23.4 Å². The Bertz CT molecular complexity index is 244. The number of aromatic amines is 1. The van der Waals surface area contributed by atoms with E-state index < -0.39 is 0 Å². The number of hydrogen-bond donors (Lipinski definition) is 2. The van der Waals surface area contributed by atoms with E-state index in [0.29, 0.717) is 0 Å². The van der Waals surface area contributed by atoms with E-state index in [1.807, 2.05) is 0 Å². The van der Waals surface area contributed by atoms with E-state index in [2.05, 4.69) is 36.3 Å². The van der Waals surface area contributed by atoms with Gasteiger partial charge in [-0.1, -0.05) is 20.8 Å². The summed E-state index contributed by atoms with van der Waals surface area (Å²) in [5.41, 5.74) is 3.87. The second kappa shape index (κ2) is 5.81. The molecule has 3 nitrogen and oxygen atoms in total. The van der Waals surface area contributed by atoms with Gasteiger partial charge in [0.1, 0.15) is 0 Å². The van der Waals surface area contributed by atoms with Crippen molar-refractivity contribution in [3.05, 3.63) is 17.0 Å². The van der Waals surface area contributed by atoms with Crippen LogP contribution in [0.15, 0.2) is 0 Å². The summed E-state index contributed by atoms with van der Waals surface area (Å²) in [5, 5.41) is 10.9. The van der Waals surface area contributed by atoms with Gasteiger partial charge in [0, 0.05) is 17.8 Å². The maximum atomic E-state index is 4.32. The maximum absolute atomic E-state index is 4.32. The van der Waals surface area contributed by atoms with Crippen LogP contribution < -0.4 is 5.32 Å². The van der Waals surface area contributed by atoms with Gasteiger partial charge in [0.25, 0.3) is 0 Å². The zero-order chi connectivity index (χ0) is 10.4. The summed E-state index contributed by atoms with van der Waals surface area (Å²) in [4.78, 5) is 0. The molecule has 0 bridgehead atoms. The van der Waals surface area contributed by atoms with Crippen LogP contribution in [0.1, 0.15) is 44.1 Å². The van der Waals surface area contributed by atoms with E-state index in [4.69, 9.17) is 0 Å². The van der Waals surface area contributed by atoms with E-state index in [-0.39, 0.29) is 0 Å².